The lowest BCUT2D eigenvalue weighted by molar-refractivity contribution is 0.671. The second-order valence-corrected chi connectivity index (χ2v) is 7.54. The van der Waals surface area contributed by atoms with E-state index in [9.17, 15) is 0 Å². The first-order valence-corrected chi connectivity index (χ1v) is 8.90. The lowest BCUT2D eigenvalue weighted by atomic mass is 10.1. The SMILES string of the molecule is CCCNCc1ccc(Br)cc1N1CCSC(C)C1. The maximum Gasteiger partial charge on any atom is 0.0423 e. The Balaban J connectivity index is 2.13. The number of thioether (sulfide) groups is 1. The van der Waals surface area contributed by atoms with Gasteiger partial charge in [-0.3, -0.25) is 0 Å². The second kappa shape index (κ2) is 7.55. The summed E-state index contributed by atoms with van der Waals surface area (Å²) in [7, 11) is 0. The minimum Gasteiger partial charge on any atom is -0.369 e. The van der Waals surface area contributed by atoms with Crippen LogP contribution in [0.3, 0.4) is 0 Å². The summed E-state index contributed by atoms with van der Waals surface area (Å²) in [6.07, 6.45) is 1.18. The Hall–Kier alpha value is -0.190. The third kappa shape index (κ3) is 4.40. The number of nitrogens with zero attached hydrogens (tertiary/aromatic N) is 1. The molecule has 1 aromatic carbocycles. The van der Waals surface area contributed by atoms with Crippen molar-refractivity contribution in [2.24, 2.45) is 0 Å². The van der Waals surface area contributed by atoms with Gasteiger partial charge in [-0.1, -0.05) is 35.8 Å². The Morgan fingerprint density at radius 1 is 1.47 bits per heavy atom. The van der Waals surface area contributed by atoms with Gasteiger partial charge in [-0.2, -0.15) is 11.8 Å². The highest BCUT2D eigenvalue weighted by molar-refractivity contribution is 9.10. The van der Waals surface area contributed by atoms with Crippen LogP contribution in [0.1, 0.15) is 25.8 Å². The summed E-state index contributed by atoms with van der Waals surface area (Å²) in [5, 5.41) is 4.24. The molecule has 0 saturated carbocycles. The van der Waals surface area contributed by atoms with E-state index in [1.165, 1.54) is 27.9 Å². The van der Waals surface area contributed by atoms with Gasteiger partial charge in [0.05, 0.1) is 0 Å². The first kappa shape index (κ1) is 15.2. The molecule has 1 aliphatic rings. The van der Waals surface area contributed by atoms with Gasteiger partial charge in [0.15, 0.2) is 0 Å². The molecule has 1 fully saturated rings. The molecule has 1 unspecified atom stereocenters. The summed E-state index contributed by atoms with van der Waals surface area (Å²) in [6, 6.07) is 6.66. The molecule has 0 bridgehead atoms. The van der Waals surface area contributed by atoms with Crippen LogP contribution in [0.25, 0.3) is 0 Å². The Morgan fingerprint density at radius 2 is 2.32 bits per heavy atom. The van der Waals surface area contributed by atoms with Gasteiger partial charge in [-0.25, -0.2) is 0 Å². The number of benzene rings is 1. The summed E-state index contributed by atoms with van der Waals surface area (Å²) in [5.41, 5.74) is 2.81. The van der Waals surface area contributed by atoms with Crippen molar-refractivity contribution < 1.29 is 0 Å². The lowest BCUT2D eigenvalue weighted by Crippen LogP contribution is -2.37. The average molecular weight is 343 g/mol. The van der Waals surface area contributed by atoms with Gasteiger partial charge >= 0.3 is 0 Å². The highest BCUT2D eigenvalue weighted by Crippen LogP contribution is 2.29. The van der Waals surface area contributed by atoms with Crippen molar-refractivity contribution in [3.8, 4) is 0 Å². The van der Waals surface area contributed by atoms with E-state index >= 15 is 0 Å². The van der Waals surface area contributed by atoms with Crippen LogP contribution in [0.2, 0.25) is 0 Å². The van der Waals surface area contributed by atoms with Gasteiger partial charge in [-0.15, -0.1) is 0 Å². The Labute approximate surface area is 129 Å². The molecule has 2 nitrogen and oxygen atoms in total. The van der Waals surface area contributed by atoms with Crippen molar-refractivity contribution in [2.45, 2.75) is 32.1 Å². The van der Waals surface area contributed by atoms with Crippen molar-refractivity contribution in [3.05, 3.63) is 28.2 Å². The largest absolute Gasteiger partial charge is 0.369 e. The van der Waals surface area contributed by atoms with Crippen LogP contribution in [0.15, 0.2) is 22.7 Å². The predicted molar refractivity (Wildman–Crippen MR) is 90.3 cm³/mol. The average Bonchev–Trinajstić information content (AvgIpc) is 2.40. The molecule has 0 radical (unpaired) electrons. The number of anilines is 1. The zero-order valence-electron chi connectivity index (χ0n) is 11.8. The van der Waals surface area contributed by atoms with Crippen LogP contribution < -0.4 is 10.2 Å². The maximum absolute atomic E-state index is 3.61. The van der Waals surface area contributed by atoms with Crippen molar-refractivity contribution in [1.29, 1.82) is 0 Å². The van der Waals surface area contributed by atoms with Crippen LogP contribution in [0.4, 0.5) is 5.69 Å². The first-order valence-electron chi connectivity index (χ1n) is 7.06. The van der Waals surface area contributed by atoms with E-state index in [0.29, 0.717) is 0 Å². The van der Waals surface area contributed by atoms with E-state index in [1.54, 1.807) is 0 Å². The molecule has 0 amide bonds. The highest BCUT2D eigenvalue weighted by Gasteiger charge is 2.19. The summed E-state index contributed by atoms with van der Waals surface area (Å²) in [5.74, 6) is 1.23. The fourth-order valence-corrected chi connectivity index (χ4v) is 3.78. The molecule has 0 spiro atoms. The quantitative estimate of drug-likeness (QED) is 0.817. The van der Waals surface area contributed by atoms with Gasteiger partial charge in [0.1, 0.15) is 0 Å². The number of hydrogen-bond donors (Lipinski definition) is 1. The van der Waals surface area contributed by atoms with E-state index in [1.807, 2.05) is 0 Å². The van der Waals surface area contributed by atoms with E-state index < -0.39 is 0 Å². The molecule has 0 aliphatic carbocycles. The van der Waals surface area contributed by atoms with Crippen LogP contribution in [0.5, 0.6) is 0 Å². The topological polar surface area (TPSA) is 15.3 Å². The van der Waals surface area contributed by atoms with Crippen molar-refractivity contribution >= 4 is 33.4 Å². The summed E-state index contributed by atoms with van der Waals surface area (Å²) in [6.45, 7) is 8.90. The molecule has 4 heteroatoms. The molecule has 1 N–H and O–H groups in total. The first-order chi connectivity index (χ1) is 9.20. The Morgan fingerprint density at radius 3 is 3.05 bits per heavy atom. The summed E-state index contributed by atoms with van der Waals surface area (Å²) < 4.78 is 1.17. The van der Waals surface area contributed by atoms with E-state index in [-0.39, 0.29) is 0 Å². The molecule has 1 atom stereocenters. The summed E-state index contributed by atoms with van der Waals surface area (Å²) >= 11 is 5.69. The second-order valence-electron chi connectivity index (χ2n) is 5.08. The minimum atomic E-state index is 0.726. The molecule has 106 valence electrons. The standard InChI is InChI=1S/C15H23BrN2S/c1-3-6-17-10-13-4-5-14(16)9-15(13)18-7-8-19-12(2)11-18/h4-5,9,12,17H,3,6-8,10-11H2,1-2H3. The van der Waals surface area contributed by atoms with Crippen LogP contribution in [-0.2, 0) is 6.54 Å². The maximum atomic E-state index is 3.61. The van der Waals surface area contributed by atoms with Crippen molar-refractivity contribution in [2.75, 3.05) is 30.3 Å². The minimum absolute atomic E-state index is 0.726. The van der Waals surface area contributed by atoms with Gasteiger partial charge in [0.2, 0.25) is 0 Å². The molecular weight excluding hydrogens is 320 g/mol. The Kier molecular flexibility index (Phi) is 6.05. The number of hydrogen-bond acceptors (Lipinski definition) is 3. The lowest BCUT2D eigenvalue weighted by Gasteiger charge is -2.34. The van der Waals surface area contributed by atoms with Gasteiger partial charge < -0.3 is 10.2 Å². The fraction of sp³-hybridized carbons (Fsp3) is 0.600. The van der Waals surface area contributed by atoms with Crippen molar-refractivity contribution in [3.63, 3.8) is 0 Å². The van der Waals surface area contributed by atoms with Gasteiger partial charge in [0, 0.05) is 40.8 Å². The van der Waals surface area contributed by atoms with E-state index in [2.05, 4.69) is 70.0 Å². The van der Waals surface area contributed by atoms with Crippen LogP contribution >= 0.6 is 27.7 Å². The van der Waals surface area contributed by atoms with Gasteiger partial charge in [-0.05, 0) is 30.7 Å². The molecule has 2 rings (SSSR count). The molecule has 1 aromatic rings. The third-order valence-electron chi connectivity index (χ3n) is 3.37. The third-order valence-corrected chi connectivity index (χ3v) is 5.00. The van der Waals surface area contributed by atoms with E-state index in [0.717, 1.165) is 31.4 Å². The smallest absolute Gasteiger partial charge is 0.0423 e. The normalized spacial score (nSPS) is 19.7. The fourth-order valence-electron chi connectivity index (χ4n) is 2.42. The summed E-state index contributed by atoms with van der Waals surface area (Å²) in [4.78, 5) is 2.54. The van der Waals surface area contributed by atoms with Gasteiger partial charge in [0.25, 0.3) is 0 Å². The van der Waals surface area contributed by atoms with Crippen LogP contribution in [-0.4, -0.2) is 30.6 Å². The molecule has 1 heterocycles. The Bertz CT molecular complexity index is 411. The molecular formula is C15H23BrN2S. The number of halogens is 1. The van der Waals surface area contributed by atoms with Crippen molar-refractivity contribution in [1.82, 2.24) is 5.32 Å². The van der Waals surface area contributed by atoms with Crippen LogP contribution in [0, 0.1) is 0 Å². The predicted octanol–water partition coefficient (Wildman–Crippen LogP) is 3.89. The number of rotatable bonds is 5. The molecule has 1 aliphatic heterocycles. The molecule has 19 heavy (non-hydrogen) atoms. The monoisotopic (exact) mass is 342 g/mol. The zero-order chi connectivity index (χ0) is 13.7. The zero-order valence-corrected chi connectivity index (χ0v) is 14.2. The van der Waals surface area contributed by atoms with E-state index in [4.69, 9.17) is 0 Å². The molecule has 1 saturated heterocycles. The highest BCUT2D eigenvalue weighted by atomic mass is 79.9. The number of nitrogens with one attached hydrogen (secondary N) is 1. The molecule has 0 aromatic heterocycles.